The minimum absolute atomic E-state index is 0.414. The van der Waals surface area contributed by atoms with Crippen molar-refractivity contribution in [2.75, 3.05) is 18.0 Å². The average Bonchev–Trinajstić information content (AvgIpc) is 2.35. The molecule has 0 heterocycles. The number of aliphatic hydroxyl groups is 1. The first-order valence-corrected chi connectivity index (χ1v) is 5.69. The van der Waals surface area contributed by atoms with E-state index < -0.39 is 6.10 Å². The van der Waals surface area contributed by atoms with Gasteiger partial charge in [-0.3, -0.25) is 0 Å². The Balaban J connectivity index is 3.06. The first-order chi connectivity index (χ1) is 7.74. The summed E-state index contributed by atoms with van der Waals surface area (Å²) in [4.78, 5) is 2.09. The number of terminal acetylenes is 1. The van der Waals surface area contributed by atoms with Gasteiger partial charge in [-0.05, 0) is 19.4 Å². The molecule has 0 saturated heterocycles. The molecular formula is C14H19NO. The molecule has 1 aromatic carbocycles. The van der Waals surface area contributed by atoms with Crippen molar-refractivity contribution in [1.82, 2.24) is 0 Å². The lowest BCUT2D eigenvalue weighted by atomic mass is 10.0. The minimum Gasteiger partial charge on any atom is -0.388 e. The van der Waals surface area contributed by atoms with E-state index in [1.165, 1.54) is 0 Å². The second-order valence-electron chi connectivity index (χ2n) is 3.70. The van der Waals surface area contributed by atoms with Crippen LogP contribution in [0.4, 0.5) is 5.69 Å². The number of rotatable bonds is 5. The Labute approximate surface area is 97.9 Å². The van der Waals surface area contributed by atoms with Crippen LogP contribution < -0.4 is 4.90 Å². The van der Waals surface area contributed by atoms with Crippen LogP contribution in [-0.4, -0.2) is 18.2 Å². The number of hydrogen-bond acceptors (Lipinski definition) is 2. The van der Waals surface area contributed by atoms with Gasteiger partial charge < -0.3 is 10.0 Å². The highest BCUT2D eigenvalue weighted by atomic mass is 16.3. The summed E-state index contributed by atoms with van der Waals surface area (Å²) in [5.41, 5.74) is 2.00. The summed E-state index contributed by atoms with van der Waals surface area (Å²) in [7, 11) is 0. The number of hydrogen-bond donors (Lipinski definition) is 1. The van der Waals surface area contributed by atoms with E-state index in [1.807, 2.05) is 31.2 Å². The second-order valence-corrected chi connectivity index (χ2v) is 3.70. The Morgan fingerprint density at radius 1 is 1.38 bits per heavy atom. The van der Waals surface area contributed by atoms with Gasteiger partial charge in [0.25, 0.3) is 0 Å². The molecule has 1 atom stereocenters. The van der Waals surface area contributed by atoms with Gasteiger partial charge in [0.05, 0.1) is 12.6 Å². The van der Waals surface area contributed by atoms with E-state index in [9.17, 15) is 5.11 Å². The van der Waals surface area contributed by atoms with E-state index in [0.717, 1.165) is 17.8 Å². The zero-order valence-electron chi connectivity index (χ0n) is 9.98. The Kier molecular flexibility index (Phi) is 4.88. The summed E-state index contributed by atoms with van der Waals surface area (Å²) < 4.78 is 0. The first kappa shape index (κ1) is 12.6. The molecule has 1 aromatic rings. The van der Waals surface area contributed by atoms with E-state index in [1.54, 1.807) is 0 Å². The van der Waals surface area contributed by atoms with Gasteiger partial charge in [0.15, 0.2) is 0 Å². The standard InChI is InChI=1S/C14H19NO/c1-4-11-15(6-3)13-10-8-7-9-12(13)14(16)5-2/h1,7-10,14,16H,5-6,11H2,2-3H3. The number of aliphatic hydroxyl groups excluding tert-OH is 1. The fraction of sp³-hybridized carbons (Fsp3) is 0.429. The van der Waals surface area contributed by atoms with Gasteiger partial charge in [-0.2, -0.15) is 0 Å². The zero-order valence-corrected chi connectivity index (χ0v) is 9.98. The summed E-state index contributed by atoms with van der Waals surface area (Å²) in [5.74, 6) is 2.65. The molecule has 0 amide bonds. The van der Waals surface area contributed by atoms with Crippen molar-refractivity contribution in [2.24, 2.45) is 0 Å². The third-order valence-electron chi connectivity index (χ3n) is 2.69. The highest BCUT2D eigenvalue weighted by Gasteiger charge is 2.13. The number of para-hydroxylation sites is 1. The van der Waals surface area contributed by atoms with Gasteiger partial charge in [0.1, 0.15) is 0 Å². The van der Waals surface area contributed by atoms with Crippen LogP contribution in [0.1, 0.15) is 31.9 Å². The predicted octanol–water partition coefficient (Wildman–Crippen LogP) is 2.59. The molecule has 1 rings (SSSR count). The molecule has 1 unspecified atom stereocenters. The Morgan fingerprint density at radius 2 is 2.06 bits per heavy atom. The summed E-state index contributed by atoms with van der Waals surface area (Å²) in [6.07, 6.45) is 5.65. The van der Waals surface area contributed by atoms with Crippen LogP contribution in [-0.2, 0) is 0 Å². The van der Waals surface area contributed by atoms with E-state index in [4.69, 9.17) is 6.42 Å². The third-order valence-corrected chi connectivity index (χ3v) is 2.69. The second kappa shape index (κ2) is 6.19. The van der Waals surface area contributed by atoms with Gasteiger partial charge >= 0.3 is 0 Å². The topological polar surface area (TPSA) is 23.5 Å². The van der Waals surface area contributed by atoms with Gasteiger partial charge in [-0.1, -0.05) is 31.0 Å². The van der Waals surface area contributed by atoms with Crippen LogP contribution in [0.3, 0.4) is 0 Å². The van der Waals surface area contributed by atoms with Crippen LogP contribution in [0.15, 0.2) is 24.3 Å². The van der Waals surface area contributed by atoms with Gasteiger partial charge in [-0.15, -0.1) is 6.42 Å². The fourth-order valence-corrected chi connectivity index (χ4v) is 1.75. The molecule has 0 radical (unpaired) electrons. The molecule has 0 aromatic heterocycles. The summed E-state index contributed by atoms with van der Waals surface area (Å²) >= 11 is 0. The number of benzene rings is 1. The molecule has 0 aliphatic carbocycles. The lowest BCUT2D eigenvalue weighted by Gasteiger charge is -2.25. The van der Waals surface area contributed by atoms with Gasteiger partial charge in [0.2, 0.25) is 0 Å². The molecule has 0 aliphatic rings. The highest BCUT2D eigenvalue weighted by molar-refractivity contribution is 5.55. The maximum atomic E-state index is 9.94. The molecule has 0 fully saturated rings. The van der Waals surface area contributed by atoms with Crippen molar-refractivity contribution in [2.45, 2.75) is 26.4 Å². The van der Waals surface area contributed by atoms with Crippen LogP contribution >= 0.6 is 0 Å². The lowest BCUT2D eigenvalue weighted by molar-refractivity contribution is 0.174. The maximum absolute atomic E-state index is 9.94. The van der Waals surface area contributed by atoms with Crippen molar-refractivity contribution in [3.8, 4) is 12.3 Å². The van der Waals surface area contributed by atoms with E-state index >= 15 is 0 Å². The average molecular weight is 217 g/mol. The predicted molar refractivity (Wildman–Crippen MR) is 68.4 cm³/mol. The normalized spacial score (nSPS) is 11.9. The Hall–Kier alpha value is -1.46. The minimum atomic E-state index is -0.414. The monoisotopic (exact) mass is 217 g/mol. The SMILES string of the molecule is C#CCN(CC)c1ccccc1C(O)CC. The van der Waals surface area contributed by atoms with Crippen molar-refractivity contribution in [3.63, 3.8) is 0 Å². The number of nitrogens with zero attached hydrogens (tertiary/aromatic N) is 1. The molecule has 16 heavy (non-hydrogen) atoms. The molecule has 0 bridgehead atoms. The maximum Gasteiger partial charge on any atom is 0.0807 e. The van der Waals surface area contributed by atoms with Gasteiger partial charge in [-0.25, -0.2) is 0 Å². The van der Waals surface area contributed by atoms with Crippen LogP contribution in [0.5, 0.6) is 0 Å². The van der Waals surface area contributed by atoms with E-state index in [0.29, 0.717) is 13.0 Å². The Morgan fingerprint density at radius 3 is 2.62 bits per heavy atom. The van der Waals surface area contributed by atoms with E-state index in [2.05, 4.69) is 17.7 Å². The molecular weight excluding hydrogens is 198 g/mol. The highest BCUT2D eigenvalue weighted by Crippen LogP contribution is 2.27. The van der Waals surface area contributed by atoms with Crippen LogP contribution in [0.25, 0.3) is 0 Å². The fourth-order valence-electron chi connectivity index (χ4n) is 1.75. The van der Waals surface area contributed by atoms with Crippen molar-refractivity contribution < 1.29 is 5.11 Å². The lowest BCUT2D eigenvalue weighted by Crippen LogP contribution is -2.24. The molecule has 0 aliphatic heterocycles. The third kappa shape index (κ3) is 2.77. The van der Waals surface area contributed by atoms with Crippen molar-refractivity contribution in [1.29, 1.82) is 0 Å². The molecule has 86 valence electrons. The first-order valence-electron chi connectivity index (χ1n) is 5.69. The molecule has 2 nitrogen and oxygen atoms in total. The van der Waals surface area contributed by atoms with Crippen molar-refractivity contribution >= 4 is 5.69 Å². The summed E-state index contributed by atoms with van der Waals surface area (Å²) in [6, 6.07) is 7.89. The van der Waals surface area contributed by atoms with Crippen LogP contribution in [0.2, 0.25) is 0 Å². The van der Waals surface area contributed by atoms with Crippen LogP contribution in [0, 0.1) is 12.3 Å². The Bertz CT molecular complexity index is 367. The van der Waals surface area contributed by atoms with Gasteiger partial charge in [0, 0.05) is 17.8 Å². The largest absolute Gasteiger partial charge is 0.388 e. The molecule has 0 saturated carbocycles. The summed E-state index contributed by atoms with van der Waals surface area (Å²) in [6.45, 7) is 5.45. The van der Waals surface area contributed by atoms with E-state index in [-0.39, 0.29) is 0 Å². The zero-order chi connectivity index (χ0) is 12.0. The summed E-state index contributed by atoms with van der Waals surface area (Å²) in [5, 5.41) is 9.94. The smallest absolute Gasteiger partial charge is 0.0807 e. The quantitative estimate of drug-likeness (QED) is 0.766. The molecule has 0 spiro atoms. The van der Waals surface area contributed by atoms with Crippen molar-refractivity contribution in [3.05, 3.63) is 29.8 Å². The molecule has 1 N–H and O–H groups in total. The molecule has 2 heteroatoms. The number of anilines is 1.